The molecule has 0 aliphatic heterocycles. The van der Waals surface area contributed by atoms with Crippen molar-refractivity contribution in [2.75, 3.05) is 25.6 Å². The molecule has 0 fully saturated rings. The average molecular weight is 298 g/mol. The van der Waals surface area contributed by atoms with Gasteiger partial charge in [-0.05, 0) is 41.9 Å². The average Bonchev–Trinajstić information content (AvgIpc) is 2.28. The highest BCUT2D eigenvalue weighted by Gasteiger charge is 2.21. The van der Waals surface area contributed by atoms with Crippen LogP contribution in [0.4, 0.5) is 5.82 Å². The van der Waals surface area contributed by atoms with Crippen LogP contribution in [-0.2, 0) is 4.74 Å². The van der Waals surface area contributed by atoms with Crippen molar-refractivity contribution in [2.24, 2.45) is 0 Å². The Kier molecular flexibility index (Phi) is 4.49. The second-order valence-corrected chi connectivity index (χ2v) is 5.25. The molecule has 17 heavy (non-hydrogen) atoms. The molecule has 92 valence electrons. The van der Waals surface area contributed by atoms with E-state index in [9.17, 15) is 0 Å². The van der Waals surface area contributed by atoms with Gasteiger partial charge in [-0.3, -0.25) is 0 Å². The maximum Gasteiger partial charge on any atom is 0.147 e. The van der Waals surface area contributed by atoms with Crippen LogP contribution in [0.3, 0.4) is 0 Å². The van der Waals surface area contributed by atoms with E-state index in [1.807, 2.05) is 25.8 Å². The van der Waals surface area contributed by atoms with E-state index in [0.29, 0.717) is 22.5 Å². The first-order valence-corrected chi connectivity index (χ1v) is 6.02. The molecule has 0 aliphatic carbocycles. The third-order valence-corrected chi connectivity index (χ3v) is 2.94. The Hall–Kier alpha value is -1.12. The number of likely N-dealkylation sites (N-methyl/N-ethyl adjacent to an activating group) is 1. The molecule has 0 saturated carbocycles. The van der Waals surface area contributed by atoms with Crippen LogP contribution in [0.25, 0.3) is 0 Å². The number of ether oxygens (including phenoxy) is 1. The van der Waals surface area contributed by atoms with Crippen LogP contribution < -0.4 is 4.90 Å². The van der Waals surface area contributed by atoms with E-state index in [-0.39, 0.29) is 5.60 Å². The molecule has 0 saturated heterocycles. The molecule has 0 unspecified atom stereocenters. The molecule has 0 aromatic carbocycles. The van der Waals surface area contributed by atoms with Gasteiger partial charge in [-0.25, -0.2) is 4.98 Å². The van der Waals surface area contributed by atoms with Crippen LogP contribution in [0, 0.1) is 11.3 Å². The Morgan fingerprint density at radius 3 is 2.71 bits per heavy atom. The summed E-state index contributed by atoms with van der Waals surface area (Å²) in [6.07, 6.45) is 0. The van der Waals surface area contributed by atoms with Crippen molar-refractivity contribution in [3.8, 4) is 6.07 Å². The number of nitriles is 1. The predicted molar refractivity (Wildman–Crippen MR) is 71.0 cm³/mol. The van der Waals surface area contributed by atoms with E-state index < -0.39 is 0 Å². The fourth-order valence-corrected chi connectivity index (χ4v) is 1.81. The van der Waals surface area contributed by atoms with E-state index in [1.54, 1.807) is 19.2 Å². The Morgan fingerprint density at radius 2 is 2.18 bits per heavy atom. The molecule has 0 aliphatic rings. The van der Waals surface area contributed by atoms with Crippen molar-refractivity contribution in [3.05, 3.63) is 22.3 Å². The van der Waals surface area contributed by atoms with E-state index in [2.05, 4.69) is 27.0 Å². The van der Waals surface area contributed by atoms with Crippen LogP contribution in [0.15, 0.2) is 16.7 Å². The summed E-state index contributed by atoms with van der Waals surface area (Å²) < 4.78 is 6.09. The van der Waals surface area contributed by atoms with Gasteiger partial charge in [-0.2, -0.15) is 5.26 Å². The minimum Gasteiger partial charge on any atom is -0.377 e. The van der Waals surface area contributed by atoms with Gasteiger partial charge in [0.1, 0.15) is 16.5 Å². The van der Waals surface area contributed by atoms with Crippen LogP contribution >= 0.6 is 15.9 Å². The first-order chi connectivity index (χ1) is 7.89. The Bertz CT molecular complexity index is 440. The zero-order valence-corrected chi connectivity index (χ0v) is 12.1. The van der Waals surface area contributed by atoms with E-state index in [1.165, 1.54) is 0 Å². The van der Waals surface area contributed by atoms with Gasteiger partial charge < -0.3 is 9.64 Å². The van der Waals surface area contributed by atoms with Crippen LogP contribution in [0.1, 0.15) is 19.4 Å². The molecule has 0 N–H and O–H groups in total. The number of aromatic nitrogens is 1. The van der Waals surface area contributed by atoms with Crippen molar-refractivity contribution in [2.45, 2.75) is 19.4 Å². The normalized spacial score (nSPS) is 11.1. The van der Waals surface area contributed by atoms with Crippen molar-refractivity contribution < 1.29 is 4.74 Å². The topological polar surface area (TPSA) is 49.1 Å². The standard InChI is InChI=1S/C12H16BrN3O/c1-12(2,17-4)8-16(3)11-9(7-14)5-6-10(13)15-11/h5-6H,8H2,1-4H3. The number of rotatable bonds is 4. The summed E-state index contributed by atoms with van der Waals surface area (Å²) >= 11 is 3.31. The number of methoxy groups -OCH3 is 1. The van der Waals surface area contributed by atoms with Gasteiger partial charge in [0, 0.05) is 20.7 Å². The van der Waals surface area contributed by atoms with Gasteiger partial charge >= 0.3 is 0 Å². The summed E-state index contributed by atoms with van der Waals surface area (Å²) in [7, 11) is 3.57. The highest BCUT2D eigenvalue weighted by molar-refractivity contribution is 9.10. The molecule has 0 spiro atoms. The fraction of sp³-hybridized carbons (Fsp3) is 0.500. The SMILES string of the molecule is COC(C)(C)CN(C)c1nc(Br)ccc1C#N. The second-order valence-electron chi connectivity index (χ2n) is 4.44. The van der Waals surface area contributed by atoms with E-state index in [0.717, 1.165) is 0 Å². The number of halogens is 1. The summed E-state index contributed by atoms with van der Waals surface area (Å²) in [6, 6.07) is 5.66. The first-order valence-electron chi connectivity index (χ1n) is 5.22. The lowest BCUT2D eigenvalue weighted by Crippen LogP contribution is -2.38. The van der Waals surface area contributed by atoms with Crippen molar-refractivity contribution >= 4 is 21.7 Å². The monoisotopic (exact) mass is 297 g/mol. The molecular formula is C12H16BrN3O. The van der Waals surface area contributed by atoms with Gasteiger partial charge in [-0.1, -0.05) is 0 Å². The summed E-state index contributed by atoms with van der Waals surface area (Å²) in [6.45, 7) is 4.64. The van der Waals surface area contributed by atoms with E-state index in [4.69, 9.17) is 10.00 Å². The Balaban J connectivity index is 3.00. The molecule has 0 amide bonds. The second kappa shape index (κ2) is 5.48. The fourth-order valence-electron chi connectivity index (χ4n) is 1.51. The number of hydrogen-bond acceptors (Lipinski definition) is 4. The van der Waals surface area contributed by atoms with Crippen molar-refractivity contribution in [1.29, 1.82) is 5.26 Å². The summed E-state index contributed by atoms with van der Waals surface area (Å²) in [4.78, 5) is 6.25. The van der Waals surface area contributed by atoms with Gasteiger partial charge in [0.25, 0.3) is 0 Å². The van der Waals surface area contributed by atoms with Gasteiger partial charge in [0.2, 0.25) is 0 Å². The zero-order chi connectivity index (χ0) is 13.1. The molecule has 0 radical (unpaired) electrons. The molecular weight excluding hydrogens is 282 g/mol. The molecule has 1 rings (SSSR count). The molecule has 1 aromatic rings. The molecule has 1 aromatic heterocycles. The molecule has 0 atom stereocenters. The lowest BCUT2D eigenvalue weighted by atomic mass is 10.1. The highest BCUT2D eigenvalue weighted by Crippen LogP contribution is 2.21. The van der Waals surface area contributed by atoms with Gasteiger partial charge in [0.05, 0.1) is 11.2 Å². The minimum absolute atomic E-state index is 0.286. The van der Waals surface area contributed by atoms with Crippen LogP contribution in [0.2, 0.25) is 0 Å². The lowest BCUT2D eigenvalue weighted by Gasteiger charge is -2.30. The summed E-state index contributed by atoms with van der Waals surface area (Å²) in [5, 5.41) is 9.05. The smallest absolute Gasteiger partial charge is 0.147 e. The largest absolute Gasteiger partial charge is 0.377 e. The maximum atomic E-state index is 9.05. The zero-order valence-electron chi connectivity index (χ0n) is 10.5. The highest BCUT2D eigenvalue weighted by atomic mass is 79.9. The van der Waals surface area contributed by atoms with Crippen molar-refractivity contribution in [1.82, 2.24) is 4.98 Å². The third kappa shape index (κ3) is 3.69. The Morgan fingerprint density at radius 1 is 1.53 bits per heavy atom. The number of anilines is 1. The van der Waals surface area contributed by atoms with Crippen LogP contribution in [-0.4, -0.2) is 31.3 Å². The van der Waals surface area contributed by atoms with Crippen molar-refractivity contribution in [3.63, 3.8) is 0 Å². The quantitative estimate of drug-likeness (QED) is 0.802. The third-order valence-electron chi connectivity index (χ3n) is 2.49. The molecule has 1 heterocycles. The van der Waals surface area contributed by atoms with Crippen LogP contribution in [0.5, 0.6) is 0 Å². The molecule has 5 heteroatoms. The summed E-state index contributed by atoms with van der Waals surface area (Å²) in [5.41, 5.74) is 0.272. The minimum atomic E-state index is -0.286. The van der Waals surface area contributed by atoms with E-state index >= 15 is 0 Å². The first kappa shape index (κ1) is 13.9. The number of nitrogens with zero attached hydrogens (tertiary/aromatic N) is 3. The predicted octanol–water partition coefficient (Wildman–Crippen LogP) is 2.58. The number of hydrogen-bond donors (Lipinski definition) is 0. The lowest BCUT2D eigenvalue weighted by molar-refractivity contribution is 0.0298. The Labute approximate surface area is 110 Å². The molecule has 4 nitrogen and oxygen atoms in total. The van der Waals surface area contributed by atoms with Gasteiger partial charge in [0.15, 0.2) is 0 Å². The molecule has 0 bridgehead atoms. The summed E-state index contributed by atoms with van der Waals surface area (Å²) in [5.74, 6) is 0.659. The maximum absolute atomic E-state index is 9.05. The number of pyridine rings is 1. The van der Waals surface area contributed by atoms with Gasteiger partial charge in [-0.15, -0.1) is 0 Å².